The van der Waals surface area contributed by atoms with Crippen LogP contribution in [0, 0.1) is 5.82 Å². The number of carbonyl (C=O) groups excluding carboxylic acids is 1. The molecule has 0 fully saturated rings. The van der Waals surface area contributed by atoms with Gasteiger partial charge >= 0.3 is 0 Å². The van der Waals surface area contributed by atoms with E-state index in [0.29, 0.717) is 12.2 Å². The maximum Gasteiger partial charge on any atom is 0.256 e. The number of amides is 1. The van der Waals surface area contributed by atoms with Gasteiger partial charge in [0.25, 0.3) is 5.91 Å². The van der Waals surface area contributed by atoms with Crippen LogP contribution >= 0.6 is 0 Å². The van der Waals surface area contributed by atoms with Crippen LogP contribution in [0.25, 0.3) is 0 Å². The van der Waals surface area contributed by atoms with Crippen molar-refractivity contribution in [1.82, 2.24) is 5.32 Å². The molecule has 0 saturated heterocycles. The predicted octanol–water partition coefficient (Wildman–Crippen LogP) is 2.72. The maximum atomic E-state index is 13.7. The largest absolute Gasteiger partial charge is 0.382 e. The molecule has 19 heavy (non-hydrogen) atoms. The minimum Gasteiger partial charge on any atom is -0.382 e. The van der Waals surface area contributed by atoms with E-state index in [1.165, 1.54) is 6.07 Å². The monoisotopic (exact) mass is 256 g/mol. The SMILES string of the molecule is O=C1NC(c2ccccc2)CNc2cccc(F)c21. The Morgan fingerprint density at radius 1 is 1.05 bits per heavy atom. The van der Waals surface area contributed by atoms with E-state index >= 15 is 0 Å². The van der Waals surface area contributed by atoms with Gasteiger partial charge in [-0.2, -0.15) is 0 Å². The van der Waals surface area contributed by atoms with Crippen molar-refractivity contribution in [3.8, 4) is 0 Å². The Morgan fingerprint density at radius 3 is 2.63 bits per heavy atom. The van der Waals surface area contributed by atoms with Gasteiger partial charge in [-0.3, -0.25) is 4.79 Å². The highest BCUT2D eigenvalue weighted by atomic mass is 19.1. The van der Waals surface area contributed by atoms with E-state index in [0.717, 1.165) is 5.56 Å². The first-order chi connectivity index (χ1) is 9.25. The Hall–Kier alpha value is -2.36. The molecule has 1 heterocycles. The van der Waals surface area contributed by atoms with Gasteiger partial charge in [0, 0.05) is 12.2 Å². The topological polar surface area (TPSA) is 41.1 Å². The van der Waals surface area contributed by atoms with Crippen LogP contribution in [0.4, 0.5) is 10.1 Å². The van der Waals surface area contributed by atoms with Crippen LogP contribution in [0.1, 0.15) is 22.0 Å². The fraction of sp³-hybridized carbons (Fsp3) is 0.133. The zero-order valence-corrected chi connectivity index (χ0v) is 10.2. The summed E-state index contributed by atoms with van der Waals surface area (Å²) in [5.74, 6) is -0.886. The normalized spacial score (nSPS) is 17.9. The summed E-state index contributed by atoms with van der Waals surface area (Å²) in [6.45, 7) is 0.534. The molecule has 0 saturated carbocycles. The van der Waals surface area contributed by atoms with Crippen molar-refractivity contribution in [2.75, 3.05) is 11.9 Å². The first kappa shape index (κ1) is 11.7. The van der Waals surface area contributed by atoms with Crippen LogP contribution in [0.3, 0.4) is 0 Å². The fourth-order valence-corrected chi connectivity index (χ4v) is 2.28. The zero-order valence-electron chi connectivity index (χ0n) is 10.2. The molecule has 2 N–H and O–H groups in total. The van der Waals surface area contributed by atoms with Gasteiger partial charge in [0.1, 0.15) is 5.82 Å². The maximum absolute atomic E-state index is 13.7. The summed E-state index contributed by atoms with van der Waals surface area (Å²) in [5.41, 5.74) is 1.62. The number of anilines is 1. The van der Waals surface area contributed by atoms with E-state index in [2.05, 4.69) is 10.6 Å². The quantitative estimate of drug-likeness (QED) is 0.823. The zero-order chi connectivity index (χ0) is 13.2. The van der Waals surface area contributed by atoms with Crippen molar-refractivity contribution >= 4 is 11.6 Å². The number of nitrogens with one attached hydrogen (secondary N) is 2. The second-order valence-electron chi connectivity index (χ2n) is 4.48. The Morgan fingerprint density at radius 2 is 1.84 bits per heavy atom. The van der Waals surface area contributed by atoms with Crippen LogP contribution in [0.15, 0.2) is 48.5 Å². The molecule has 1 atom stereocenters. The number of carbonyl (C=O) groups is 1. The summed E-state index contributed by atoms with van der Waals surface area (Å²) in [6, 6.07) is 14.1. The Bertz CT molecular complexity index is 613. The molecule has 96 valence electrons. The summed E-state index contributed by atoms with van der Waals surface area (Å²) >= 11 is 0. The van der Waals surface area contributed by atoms with E-state index in [9.17, 15) is 9.18 Å². The average Bonchev–Trinajstić information content (AvgIpc) is 2.60. The van der Waals surface area contributed by atoms with Crippen LogP contribution in [0.2, 0.25) is 0 Å². The first-order valence-corrected chi connectivity index (χ1v) is 6.14. The summed E-state index contributed by atoms with van der Waals surface area (Å²) in [4.78, 5) is 12.1. The Balaban J connectivity index is 1.95. The molecular formula is C15H13FN2O. The summed E-state index contributed by atoms with van der Waals surface area (Å²) in [5, 5.41) is 5.97. The van der Waals surface area contributed by atoms with E-state index in [4.69, 9.17) is 0 Å². The lowest BCUT2D eigenvalue weighted by Crippen LogP contribution is -2.30. The molecule has 1 aliphatic rings. The van der Waals surface area contributed by atoms with E-state index in [1.807, 2.05) is 30.3 Å². The first-order valence-electron chi connectivity index (χ1n) is 6.14. The number of hydrogen-bond donors (Lipinski definition) is 2. The molecule has 3 nitrogen and oxygen atoms in total. The molecule has 1 aliphatic heterocycles. The third kappa shape index (κ3) is 2.17. The summed E-state index contributed by atoms with van der Waals surface area (Å²) in [7, 11) is 0. The van der Waals surface area contributed by atoms with E-state index < -0.39 is 5.82 Å². The molecule has 0 aromatic heterocycles. The second-order valence-corrected chi connectivity index (χ2v) is 4.48. The molecule has 0 aliphatic carbocycles. The molecule has 1 unspecified atom stereocenters. The summed E-state index contributed by atoms with van der Waals surface area (Å²) < 4.78 is 13.7. The lowest BCUT2D eigenvalue weighted by atomic mass is 10.1. The van der Waals surface area contributed by atoms with E-state index in [1.54, 1.807) is 12.1 Å². The van der Waals surface area contributed by atoms with Crippen molar-refractivity contribution in [3.63, 3.8) is 0 Å². The smallest absolute Gasteiger partial charge is 0.256 e. The highest BCUT2D eigenvalue weighted by molar-refractivity contribution is 6.00. The molecule has 3 rings (SSSR count). The van der Waals surface area contributed by atoms with Gasteiger partial charge in [0.15, 0.2) is 0 Å². The molecule has 0 bridgehead atoms. The number of hydrogen-bond acceptors (Lipinski definition) is 2. The van der Waals surface area contributed by atoms with Crippen molar-refractivity contribution < 1.29 is 9.18 Å². The molecular weight excluding hydrogens is 243 g/mol. The lowest BCUT2D eigenvalue weighted by Gasteiger charge is -2.16. The fourth-order valence-electron chi connectivity index (χ4n) is 2.28. The van der Waals surface area contributed by atoms with Gasteiger partial charge in [0.05, 0.1) is 11.6 Å². The van der Waals surface area contributed by atoms with Crippen molar-refractivity contribution in [2.45, 2.75) is 6.04 Å². The Kier molecular flexibility index (Phi) is 2.91. The highest BCUT2D eigenvalue weighted by Gasteiger charge is 2.24. The second kappa shape index (κ2) is 4.72. The van der Waals surface area contributed by atoms with Crippen LogP contribution in [0.5, 0.6) is 0 Å². The molecule has 4 heteroatoms. The third-order valence-electron chi connectivity index (χ3n) is 3.24. The average molecular weight is 256 g/mol. The molecule has 1 amide bonds. The van der Waals surface area contributed by atoms with Gasteiger partial charge in [-0.15, -0.1) is 0 Å². The number of benzene rings is 2. The predicted molar refractivity (Wildman–Crippen MR) is 71.5 cm³/mol. The summed E-state index contributed by atoms with van der Waals surface area (Å²) in [6.07, 6.45) is 0. The minimum atomic E-state index is -0.504. The standard InChI is InChI=1S/C15H13FN2O/c16-11-7-4-8-12-14(11)15(19)18-13(9-17-12)10-5-2-1-3-6-10/h1-8,13,17H,9H2,(H,18,19). The van der Waals surface area contributed by atoms with Gasteiger partial charge in [0.2, 0.25) is 0 Å². The molecule has 0 radical (unpaired) electrons. The molecule has 2 aromatic rings. The number of halogens is 1. The van der Waals surface area contributed by atoms with Crippen molar-refractivity contribution in [1.29, 1.82) is 0 Å². The van der Waals surface area contributed by atoms with Gasteiger partial charge in [-0.05, 0) is 17.7 Å². The van der Waals surface area contributed by atoms with Gasteiger partial charge in [-0.1, -0.05) is 36.4 Å². The Labute approximate surface area is 110 Å². The van der Waals surface area contributed by atoms with Crippen LogP contribution in [-0.4, -0.2) is 12.5 Å². The number of rotatable bonds is 1. The van der Waals surface area contributed by atoms with Crippen molar-refractivity contribution in [2.24, 2.45) is 0 Å². The minimum absolute atomic E-state index is 0.0842. The van der Waals surface area contributed by atoms with Gasteiger partial charge < -0.3 is 10.6 Å². The third-order valence-corrected chi connectivity index (χ3v) is 3.24. The number of fused-ring (bicyclic) bond motifs is 1. The van der Waals surface area contributed by atoms with Crippen LogP contribution in [-0.2, 0) is 0 Å². The van der Waals surface area contributed by atoms with Gasteiger partial charge in [-0.25, -0.2) is 4.39 Å². The van der Waals surface area contributed by atoms with Crippen molar-refractivity contribution in [3.05, 3.63) is 65.5 Å². The van der Waals surface area contributed by atoms with Crippen LogP contribution < -0.4 is 10.6 Å². The molecule has 0 spiro atoms. The van der Waals surface area contributed by atoms with E-state index in [-0.39, 0.29) is 17.5 Å². The lowest BCUT2D eigenvalue weighted by molar-refractivity contribution is 0.0938. The molecule has 2 aromatic carbocycles. The highest BCUT2D eigenvalue weighted by Crippen LogP contribution is 2.24.